The Morgan fingerprint density at radius 2 is 0.857 bits per heavy atom. The maximum atomic E-state index is 7.33. The molecule has 0 spiro atoms. The summed E-state index contributed by atoms with van der Waals surface area (Å²) < 4.78 is 0. The van der Waals surface area contributed by atoms with Crippen LogP contribution in [-0.2, 0) is 0 Å². The molecule has 0 aromatic carbocycles. The Bertz CT molecular complexity index is 23.6. The topological polar surface area (TPSA) is 112 Å². The third-order valence-electron chi connectivity index (χ3n) is 0. The molecule has 0 aromatic heterocycles. The molecular formula is H7LiO5Si. The molecule has 0 amide bonds. The molecule has 0 aliphatic heterocycles. The van der Waals surface area contributed by atoms with Crippen LogP contribution >= 0.6 is 0 Å². The zero-order valence-corrected chi connectivity index (χ0v) is 3.79. The molecule has 0 saturated heterocycles. The second kappa shape index (κ2) is 4.77. The van der Waals surface area contributed by atoms with Crippen LogP contribution in [0.3, 0.4) is 0 Å². The molecule has 7 heteroatoms. The van der Waals surface area contributed by atoms with Crippen molar-refractivity contribution < 1.29 is 24.7 Å². The van der Waals surface area contributed by atoms with Gasteiger partial charge in [-0.25, -0.2) is 0 Å². The molecule has 7 heavy (non-hydrogen) atoms. The monoisotopic (exact) mass is 122 g/mol. The summed E-state index contributed by atoms with van der Waals surface area (Å²) in [6.07, 6.45) is 0. The summed E-state index contributed by atoms with van der Waals surface area (Å²) in [5.74, 6) is 0. The quantitative estimate of drug-likeness (QED) is 0.245. The van der Waals surface area contributed by atoms with Gasteiger partial charge >= 0.3 is 27.9 Å². The summed E-state index contributed by atoms with van der Waals surface area (Å²) in [6, 6.07) is 0. The summed E-state index contributed by atoms with van der Waals surface area (Å²) >= 11 is 0. The Morgan fingerprint density at radius 1 is 0.857 bits per heavy atom. The van der Waals surface area contributed by atoms with Crippen LogP contribution in [0, 0.1) is 0 Å². The van der Waals surface area contributed by atoms with Gasteiger partial charge in [-0.15, -0.1) is 0 Å². The van der Waals surface area contributed by atoms with Crippen LogP contribution < -0.4 is 0 Å². The van der Waals surface area contributed by atoms with E-state index in [2.05, 4.69) is 0 Å². The molecule has 0 fully saturated rings. The molecule has 0 aromatic rings. The van der Waals surface area contributed by atoms with E-state index in [1.807, 2.05) is 0 Å². The van der Waals surface area contributed by atoms with Crippen LogP contribution in [0.4, 0.5) is 0 Å². The maximum absolute atomic E-state index is 7.33. The van der Waals surface area contributed by atoms with Gasteiger partial charge in [-0.3, -0.25) is 0 Å². The van der Waals surface area contributed by atoms with Crippen molar-refractivity contribution in [2.75, 3.05) is 0 Å². The molecule has 0 radical (unpaired) electrons. The van der Waals surface area contributed by atoms with Crippen LogP contribution in [-0.4, -0.2) is 52.6 Å². The van der Waals surface area contributed by atoms with Crippen LogP contribution in [0.15, 0.2) is 0 Å². The Labute approximate surface area is 53.2 Å². The van der Waals surface area contributed by atoms with E-state index in [-0.39, 0.29) is 24.3 Å². The molecule has 6 N–H and O–H groups in total. The van der Waals surface area contributed by atoms with Gasteiger partial charge in [-0.05, 0) is 0 Å². The average Bonchev–Trinajstić information content (AvgIpc) is 0.722. The molecule has 42 valence electrons. The predicted molar refractivity (Wildman–Crippen MR) is 25.4 cm³/mol. The van der Waals surface area contributed by atoms with Gasteiger partial charge < -0.3 is 24.7 Å². The van der Waals surface area contributed by atoms with Crippen LogP contribution in [0.2, 0.25) is 0 Å². The van der Waals surface area contributed by atoms with Crippen molar-refractivity contribution in [3.63, 3.8) is 0 Å². The second-order valence-corrected chi connectivity index (χ2v) is 1.80. The summed E-state index contributed by atoms with van der Waals surface area (Å²) in [4.78, 5) is 29.3. The van der Waals surface area contributed by atoms with E-state index >= 15 is 0 Å². The van der Waals surface area contributed by atoms with E-state index in [9.17, 15) is 0 Å². The van der Waals surface area contributed by atoms with Crippen molar-refractivity contribution >= 4 is 27.9 Å². The molecule has 0 heterocycles. The third-order valence-corrected chi connectivity index (χ3v) is 0. The van der Waals surface area contributed by atoms with Gasteiger partial charge in [0.25, 0.3) is 0 Å². The van der Waals surface area contributed by atoms with Crippen LogP contribution in [0.25, 0.3) is 0 Å². The van der Waals surface area contributed by atoms with E-state index in [1.54, 1.807) is 0 Å². The first-order chi connectivity index (χ1) is 2.00. The molecule has 0 bridgehead atoms. The van der Waals surface area contributed by atoms with E-state index in [0.29, 0.717) is 0 Å². The Hall–Kier alpha value is 0.614. The van der Waals surface area contributed by atoms with Gasteiger partial charge in [0.2, 0.25) is 0 Å². The Kier molecular flexibility index (Phi) is 10.7. The van der Waals surface area contributed by atoms with Crippen molar-refractivity contribution in [1.29, 1.82) is 0 Å². The van der Waals surface area contributed by atoms with Crippen molar-refractivity contribution in [3.05, 3.63) is 0 Å². The van der Waals surface area contributed by atoms with Gasteiger partial charge in [0.1, 0.15) is 0 Å². The number of hydrogen-bond donors (Lipinski definition) is 4. The fraction of sp³-hybridized carbons (Fsp3) is 0. The normalized spacial score (nSPS) is 8.57. The molecule has 0 aliphatic carbocycles. The van der Waals surface area contributed by atoms with E-state index in [0.717, 1.165) is 0 Å². The molecule has 0 atom stereocenters. The first-order valence-corrected chi connectivity index (χ1v) is 2.68. The van der Waals surface area contributed by atoms with Gasteiger partial charge in [-0.2, -0.15) is 0 Å². The SMILES string of the molecule is O.O[Si](O)(O)O.[LiH]. The van der Waals surface area contributed by atoms with Crippen molar-refractivity contribution in [1.82, 2.24) is 0 Å². The molecule has 5 nitrogen and oxygen atoms in total. The van der Waals surface area contributed by atoms with Crippen molar-refractivity contribution in [2.24, 2.45) is 0 Å². The summed E-state index contributed by atoms with van der Waals surface area (Å²) in [5.41, 5.74) is 0. The average molecular weight is 122 g/mol. The molecule has 0 saturated carbocycles. The molecular weight excluding hydrogens is 115 g/mol. The standard InChI is InChI=1S/Li.H4O4Si.H2O.H/c;1-5(2,3)4;;/h;1-4H;1H2;. The predicted octanol–water partition coefficient (Wildman–Crippen LogP) is -4.08. The van der Waals surface area contributed by atoms with Gasteiger partial charge in [0.05, 0.1) is 0 Å². The van der Waals surface area contributed by atoms with Crippen LogP contribution in [0.5, 0.6) is 0 Å². The summed E-state index contributed by atoms with van der Waals surface area (Å²) in [7, 11) is -4.61. The van der Waals surface area contributed by atoms with Crippen molar-refractivity contribution in [3.8, 4) is 0 Å². The van der Waals surface area contributed by atoms with E-state index < -0.39 is 9.05 Å². The minimum absolute atomic E-state index is 0. The molecule has 0 unspecified atom stereocenters. The summed E-state index contributed by atoms with van der Waals surface area (Å²) in [5, 5.41) is 0. The fourth-order valence-corrected chi connectivity index (χ4v) is 0. The number of rotatable bonds is 0. The van der Waals surface area contributed by atoms with Gasteiger partial charge in [0.15, 0.2) is 0 Å². The number of hydrogen-bond acceptors (Lipinski definition) is 4. The summed E-state index contributed by atoms with van der Waals surface area (Å²) in [6.45, 7) is 0. The minimum atomic E-state index is -4.61. The van der Waals surface area contributed by atoms with Crippen molar-refractivity contribution in [2.45, 2.75) is 0 Å². The van der Waals surface area contributed by atoms with E-state index in [1.165, 1.54) is 0 Å². The Morgan fingerprint density at radius 3 is 0.857 bits per heavy atom. The zero-order valence-electron chi connectivity index (χ0n) is 2.79. The zero-order chi connectivity index (χ0) is 4.50. The molecule has 0 rings (SSSR count). The van der Waals surface area contributed by atoms with Crippen LogP contribution in [0.1, 0.15) is 0 Å². The second-order valence-electron chi connectivity index (χ2n) is 0.600. The molecule has 0 aliphatic rings. The van der Waals surface area contributed by atoms with E-state index in [4.69, 9.17) is 19.2 Å². The third kappa shape index (κ3) is 373. The Balaban J connectivity index is -0.0000000800. The first kappa shape index (κ1) is 15.6. The van der Waals surface area contributed by atoms with Gasteiger partial charge in [-0.1, -0.05) is 0 Å². The first-order valence-electron chi connectivity index (χ1n) is 0.894. The van der Waals surface area contributed by atoms with Gasteiger partial charge in [0, 0.05) is 0 Å². The fourth-order valence-electron chi connectivity index (χ4n) is 0.